The summed E-state index contributed by atoms with van der Waals surface area (Å²) in [4.78, 5) is 30.6. The number of carbonyl (C=O) groups excluding carboxylic acids is 1. The molecule has 1 aromatic carbocycles. The van der Waals surface area contributed by atoms with Crippen molar-refractivity contribution in [3.63, 3.8) is 0 Å². The van der Waals surface area contributed by atoms with Gasteiger partial charge >= 0.3 is 5.97 Å². The zero-order chi connectivity index (χ0) is 22.8. The Hall–Kier alpha value is -2.48. The van der Waals surface area contributed by atoms with E-state index in [2.05, 4.69) is 19.2 Å². The van der Waals surface area contributed by atoms with E-state index in [-0.39, 0.29) is 12.2 Å². The average Bonchev–Trinajstić information content (AvgIpc) is 3.12. The van der Waals surface area contributed by atoms with Gasteiger partial charge in [-0.05, 0) is 41.6 Å². The average molecular weight is 469 g/mol. The van der Waals surface area contributed by atoms with E-state index in [9.17, 15) is 14.7 Å². The third-order valence-electron chi connectivity index (χ3n) is 6.83. The Bertz CT molecular complexity index is 1350. The molecule has 32 heavy (non-hydrogen) atoms. The second-order valence-electron chi connectivity index (χ2n) is 9.47. The lowest BCUT2D eigenvalue weighted by Crippen LogP contribution is -2.44. The van der Waals surface area contributed by atoms with Crippen LogP contribution in [-0.4, -0.2) is 34.6 Å². The van der Waals surface area contributed by atoms with Gasteiger partial charge in [0.05, 0.1) is 37.1 Å². The summed E-state index contributed by atoms with van der Waals surface area (Å²) >= 11 is 6.04. The highest BCUT2D eigenvalue weighted by atomic mass is 35.5. The van der Waals surface area contributed by atoms with Gasteiger partial charge in [0.2, 0.25) is 0 Å². The normalized spacial score (nSPS) is 19.5. The van der Waals surface area contributed by atoms with E-state index in [1.165, 1.54) is 12.1 Å². The van der Waals surface area contributed by atoms with Crippen molar-refractivity contribution in [3.8, 4) is 11.4 Å². The highest BCUT2D eigenvalue weighted by Crippen LogP contribution is 2.37. The largest absolute Gasteiger partial charge is 0.458 e. The van der Waals surface area contributed by atoms with E-state index in [0.717, 1.165) is 34.6 Å². The van der Waals surface area contributed by atoms with Gasteiger partial charge in [-0.2, -0.15) is 0 Å². The maximum atomic E-state index is 13.4. The number of cyclic esters (lactones) is 1. The van der Waals surface area contributed by atoms with Crippen LogP contribution in [0.1, 0.15) is 30.0 Å². The fraction of sp³-hybridized carbons (Fsp3) is 0.375. The molecule has 4 heterocycles. The summed E-state index contributed by atoms with van der Waals surface area (Å²) in [5.74, 6) is -0.119. The van der Waals surface area contributed by atoms with Crippen LogP contribution in [0.3, 0.4) is 0 Å². The fourth-order valence-electron chi connectivity index (χ4n) is 5.19. The molecule has 0 aliphatic carbocycles. The number of alkyl halides is 1. The van der Waals surface area contributed by atoms with Crippen molar-refractivity contribution in [2.24, 2.45) is 0 Å². The molecule has 3 aromatic rings. The molecular formula is C24H25ClN2O4Si. The number of halogens is 1. The lowest BCUT2D eigenvalue weighted by Gasteiger charge is -2.29. The first-order valence-electron chi connectivity index (χ1n) is 10.8. The number of pyridine rings is 2. The summed E-state index contributed by atoms with van der Waals surface area (Å²) < 4.78 is 6.81. The minimum absolute atomic E-state index is 0.127. The van der Waals surface area contributed by atoms with E-state index >= 15 is 0 Å². The van der Waals surface area contributed by atoms with Crippen LogP contribution >= 0.6 is 11.6 Å². The number of hydrogen-bond donors (Lipinski definition) is 1. The third kappa shape index (κ3) is 2.98. The molecule has 0 amide bonds. The lowest BCUT2D eigenvalue weighted by molar-refractivity contribution is -0.169. The van der Waals surface area contributed by atoms with Crippen molar-refractivity contribution in [1.29, 1.82) is 0 Å². The number of esters is 1. The Morgan fingerprint density at radius 1 is 1.25 bits per heavy atom. The number of ether oxygens (including phenoxy) is 1. The number of carbonyl (C=O) groups is 1. The number of nitrogens with zero attached hydrogens (tertiary/aromatic N) is 2. The molecule has 5 rings (SSSR count). The monoisotopic (exact) mass is 468 g/mol. The van der Waals surface area contributed by atoms with Crippen molar-refractivity contribution < 1.29 is 14.6 Å². The van der Waals surface area contributed by atoms with Crippen molar-refractivity contribution in [3.05, 3.63) is 57.4 Å². The van der Waals surface area contributed by atoms with Crippen molar-refractivity contribution in [1.82, 2.24) is 9.55 Å². The molecule has 0 saturated carbocycles. The van der Waals surface area contributed by atoms with E-state index in [0.29, 0.717) is 29.2 Å². The summed E-state index contributed by atoms with van der Waals surface area (Å²) in [6.45, 7) is 6.36. The molecule has 2 aliphatic rings. The molecule has 0 bridgehead atoms. The summed E-state index contributed by atoms with van der Waals surface area (Å²) in [6.07, 6.45) is 0.940. The standard InChI is InChI=1S/C24H25ClN2O4Si/c1-24(30)17-11-19-20-15(12-27(19)22(28)16(17)13-31-23(24)29)21(32(2,3)10-6-9-25)14-7-4-5-8-18(14)26-20/h4-5,7-8,11,30H,6,9-10,12-13H2,1-3H3/t24-/m0/s1. The topological polar surface area (TPSA) is 81.4 Å². The quantitative estimate of drug-likeness (QED) is 0.282. The molecule has 0 fully saturated rings. The van der Waals surface area contributed by atoms with Gasteiger partial charge in [-0.15, -0.1) is 11.6 Å². The van der Waals surface area contributed by atoms with E-state index in [1.807, 2.05) is 18.2 Å². The lowest BCUT2D eigenvalue weighted by atomic mass is 9.90. The first kappa shape index (κ1) is 21.4. The first-order chi connectivity index (χ1) is 15.2. The van der Waals surface area contributed by atoms with Crippen molar-refractivity contribution in [2.75, 3.05) is 5.88 Å². The highest BCUT2D eigenvalue weighted by molar-refractivity contribution is 6.91. The maximum absolute atomic E-state index is 13.4. The highest BCUT2D eigenvalue weighted by Gasteiger charge is 2.43. The molecule has 0 unspecified atom stereocenters. The van der Waals surface area contributed by atoms with Crippen LogP contribution in [0, 0.1) is 0 Å². The van der Waals surface area contributed by atoms with E-state index in [4.69, 9.17) is 21.3 Å². The first-order valence-corrected chi connectivity index (χ1v) is 14.6. The number of aromatic nitrogens is 2. The van der Waals surface area contributed by atoms with Gasteiger partial charge in [-0.25, -0.2) is 9.78 Å². The summed E-state index contributed by atoms with van der Waals surface area (Å²) in [5.41, 5.74) is 1.91. The Morgan fingerprint density at radius 2 is 2.00 bits per heavy atom. The van der Waals surface area contributed by atoms with Gasteiger partial charge < -0.3 is 14.4 Å². The Labute approximate surface area is 191 Å². The molecule has 0 spiro atoms. The van der Waals surface area contributed by atoms with Crippen molar-refractivity contribution in [2.45, 2.75) is 51.2 Å². The molecule has 8 heteroatoms. The predicted octanol–water partition coefficient (Wildman–Crippen LogP) is 3.23. The Kier molecular flexibility index (Phi) is 4.85. The third-order valence-corrected chi connectivity index (χ3v) is 10.6. The minimum atomic E-state index is -1.92. The van der Waals surface area contributed by atoms with Gasteiger partial charge in [0.15, 0.2) is 5.60 Å². The van der Waals surface area contributed by atoms with Crippen LogP contribution in [0.25, 0.3) is 22.3 Å². The van der Waals surface area contributed by atoms with Crippen LogP contribution in [0.4, 0.5) is 0 Å². The van der Waals surface area contributed by atoms with Gasteiger partial charge in [0.25, 0.3) is 5.56 Å². The fourth-order valence-corrected chi connectivity index (χ4v) is 8.81. The van der Waals surface area contributed by atoms with Gasteiger partial charge in [-0.1, -0.05) is 37.3 Å². The van der Waals surface area contributed by atoms with Crippen LogP contribution in [-0.2, 0) is 28.3 Å². The Balaban J connectivity index is 1.81. The van der Waals surface area contributed by atoms with Crippen LogP contribution in [0.15, 0.2) is 35.1 Å². The molecule has 0 radical (unpaired) electrons. The number of fused-ring (bicyclic) bond motifs is 5. The smallest absolute Gasteiger partial charge is 0.342 e. The summed E-state index contributed by atoms with van der Waals surface area (Å²) in [7, 11) is -1.92. The molecular weight excluding hydrogens is 444 g/mol. The van der Waals surface area contributed by atoms with Crippen LogP contribution in [0.2, 0.25) is 19.1 Å². The predicted molar refractivity (Wildman–Crippen MR) is 127 cm³/mol. The molecule has 0 saturated heterocycles. The number of rotatable bonds is 4. The minimum Gasteiger partial charge on any atom is -0.458 e. The number of aliphatic hydroxyl groups is 1. The SMILES string of the molecule is C[C@@]1(O)C(=O)OCc2c1cc1n(c2=O)Cc2c-1nc1ccccc1c2[Si](C)(C)CCCCl. The second-order valence-corrected chi connectivity index (χ2v) is 14.6. The maximum Gasteiger partial charge on any atom is 0.342 e. The molecule has 6 nitrogen and oxygen atoms in total. The van der Waals surface area contributed by atoms with Crippen LogP contribution < -0.4 is 10.7 Å². The number of hydrogen-bond acceptors (Lipinski definition) is 5. The van der Waals surface area contributed by atoms with Crippen LogP contribution in [0.5, 0.6) is 0 Å². The zero-order valence-electron chi connectivity index (χ0n) is 18.4. The zero-order valence-corrected chi connectivity index (χ0v) is 20.1. The van der Waals surface area contributed by atoms with Gasteiger partial charge in [0.1, 0.15) is 6.61 Å². The molecule has 1 atom stereocenters. The van der Waals surface area contributed by atoms with E-state index < -0.39 is 19.6 Å². The number of para-hydroxylation sites is 1. The molecule has 2 aromatic heterocycles. The van der Waals surface area contributed by atoms with E-state index in [1.54, 1.807) is 10.6 Å². The van der Waals surface area contributed by atoms with Crippen molar-refractivity contribution >= 4 is 41.7 Å². The van der Waals surface area contributed by atoms with Gasteiger partial charge in [0, 0.05) is 11.4 Å². The molecule has 2 aliphatic heterocycles. The molecule has 1 N–H and O–H groups in total. The van der Waals surface area contributed by atoms with Gasteiger partial charge in [-0.3, -0.25) is 4.79 Å². The molecule has 166 valence electrons. The summed E-state index contributed by atoms with van der Waals surface area (Å²) in [6, 6.07) is 10.9. The summed E-state index contributed by atoms with van der Waals surface area (Å²) in [5, 5.41) is 13.2. The number of benzene rings is 1. The second kappa shape index (κ2) is 7.27. The Morgan fingerprint density at radius 3 is 2.75 bits per heavy atom.